The number of rotatable bonds is 5. The first kappa shape index (κ1) is 17.6. The third kappa shape index (κ3) is 4.90. The van der Waals surface area contributed by atoms with Crippen molar-refractivity contribution >= 4 is 29.0 Å². The molecule has 1 aliphatic rings. The number of anilines is 1. The molecule has 1 aliphatic heterocycles. The van der Waals surface area contributed by atoms with Crippen LogP contribution in [-0.4, -0.2) is 41.5 Å². The highest BCUT2D eigenvalue weighted by atomic mass is 32.1. The first-order valence-electron chi connectivity index (χ1n) is 8.50. The number of carbonyl (C=O) groups is 2. The molecule has 1 saturated heterocycles. The maximum absolute atomic E-state index is 12.1. The number of likely N-dealkylation sites (tertiary alicyclic amines) is 1. The summed E-state index contributed by atoms with van der Waals surface area (Å²) in [4.78, 5) is 26.4. The number of hydrogen-bond donors (Lipinski definition) is 2. The van der Waals surface area contributed by atoms with Crippen molar-refractivity contribution in [3.8, 4) is 0 Å². The summed E-state index contributed by atoms with van der Waals surface area (Å²) in [6, 6.07) is 3.66. The Bertz CT molecular complexity index is 664. The van der Waals surface area contributed by atoms with Crippen LogP contribution in [0.1, 0.15) is 37.3 Å². The van der Waals surface area contributed by atoms with Crippen molar-refractivity contribution in [1.29, 1.82) is 0 Å². The van der Waals surface area contributed by atoms with E-state index in [1.807, 2.05) is 5.38 Å². The van der Waals surface area contributed by atoms with Gasteiger partial charge in [0.1, 0.15) is 6.26 Å². The largest absolute Gasteiger partial charge is 0.363 e. The van der Waals surface area contributed by atoms with Gasteiger partial charge in [0, 0.05) is 12.6 Å². The first-order valence-corrected chi connectivity index (χ1v) is 9.44. The molecule has 0 bridgehead atoms. The van der Waals surface area contributed by atoms with Crippen LogP contribution in [0.2, 0.25) is 0 Å². The van der Waals surface area contributed by atoms with Crippen LogP contribution >= 0.6 is 11.3 Å². The Labute approximate surface area is 150 Å². The van der Waals surface area contributed by atoms with Crippen molar-refractivity contribution in [1.82, 2.24) is 15.4 Å². The third-order valence-electron chi connectivity index (χ3n) is 4.35. The van der Waals surface area contributed by atoms with Crippen molar-refractivity contribution in [2.75, 3.05) is 25.0 Å². The lowest BCUT2D eigenvalue weighted by Crippen LogP contribution is -2.42. The zero-order valence-corrected chi connectivity index (χ0v) is 14.8. The van der Waals surface area contributed by atoms with Gasteiger partial charge in [-0.3, -0.25) is 19.8 Å². The van der Waals surface area contributed by atoms with Crippen LogP contribution in [0, 0.1) is 0 Å². The average Bonchev–Trinajstić information content (AvgIpc) is 3.25. The van der Waals surface area contributed by atoms with Gasteiger partial charge in [0.2, 0.25) is 0 Å². The van der Waals surface area contributed by atoms with Crippen LogP contribution < -0.4 is 10.6 Å². The van der Waals surface area contributed by atoms with Gasteiger partial charge in [0.15, 0.2) is 5.82 Å². The lowest BCUT2D eigenvalue weighted by atomic mass is 10.1. The number of nitrogens with zero attached hydrogens (tertiary/aromatic N) is 2. The maximum atomic E-state index is 12.1. The lowest BCUT2D eigenvalue weighted by molar-refractivity contribution is -0.136. The Morgan fingerprint density at radius 3 is 2.64 bits per heavy atom. The smallest absolute Gasteiger partial charge is 0.314 e. The van der Waals surface area contributed by atoms with Gasteiger partial charge in [-0.2, -0.15) is 11.3 Å². The van der Waals surface area contributed by atoms with Gasteiger partial charge in [0.25, 0.3) is 0 Å². The van der Waals surface area contributed by atoms with Crippen LogP contribution in [0.25, 0.3) is 0 Å². The van der Waals surface area contributed by atoms with E-state index in [1.165, 1.54) is 43.6 Å². The molecule has 1 unspecified atom stereocenters. The second-order valence-electron chi connectivity index (χ2n) is 6.07. The van der Waals surface area contributed by atoms with E-state index >= 15 is 0 Å². The third-order valence-corrected chi connectivity index (χ3v) is 5.05. The van der Waals surface area contributed by atoms with Crippen LogP contribution in [0.15, 0.2) is 33.7 Å². The fraction of sp³-hybridized carbons (Fsp3) is 0.471. The minimum atomic E-state index is -0.742. The average molecular weight is 362 g/mol. The number of thiophene rings is 1. The van der Waals surface area contributed by atoms with Crippen molar-refractivity contribution < 1.29 is 14.1 Å². The molecule has 2 aromatic heterocycles. The predicted molar refractivity (Wildman–Crippen MR) is 95.2 cm³/mol. The minimum absolute atomic E-state index is 0.0909. The minimum Gasteiger partial charge on any atom is -0.363 e. The quantitative estimate of drug-likeness (QED) is 0.798. The molecule has 0 saturated carbocycles. The van der Waals surface area contributed by atoms with Gasteiger partial charge < -0.3 is 9.84 Å². The number of nitrogens with one attached hydrogen (secondary N) is 2. The summed E-state index contributed by atoms with van der Waals surface area (Å²) < 4.78 is 4.63. The highest BCUT2D eigenvalue weighted by Gasteiger charge is 2.24. The van der Waals surface area contributed by atoms with E-state index in [2.05, 4.69) is 36.7 Å². The van der Waals surface area contributed by atoms with E-state index in [0.717, 1.165) is 13.1 Å². The van der Waals surface area contributed by atoms with Gasteiger partial charge in [0.05, 0.1) is 6.04 Å². The molecular formula is C17H22N4O3S. The van der Waals surface area contributed by atoms with Crippen molar-refractivity contribution in [2.24, 2.45) is 0 Å². The van der Waals surface area contributed by atoms with Crippen molar-refractivity contribution in [2.45, 2.75) is 31.7 Å². The van der Waals surface area contributed by atoms with E-state index in [4.69, 9.17) is 0 Å². The van der Waals surface area contributed by atoms with Crippen LogP contribution in [0.5, 0.6) is 0 Å². The van der Waals surface area contributed by atoms with Gasteiger partial charge in [-0.1, -0.05) is 18.0 Å². The Balaban J connectivity index is 1.60. The molecular weight excluding hydrogens is 340 g/mol. The maximum Gasteiger partial charge on any atom is 0.314 e. The molecule has 1 fully saturated rings. The Hall–Kier alpha value is -2.19. The van der Waals surface area contributed by atoms with Crippen LogP contribution in [0.4, 0.5) is 5.82 Å². The lowest BCUT2D eigenvalue weighted by Gasteiger charge is -2.30. The summed E-state index contributed by atoms with van der Waals surface area (Å²) in [5, 5.41) is 12.9. The van der Waals surface area contributed by atoms with Gasteiger partial charge in [-0.05, 0) is 48.3 Å². The fourth-order valence-corrected chi connectivity index (χ4v) is 3.76. The number of hydrogen-bond acceptors (Lipinski definition) is 6. The SMILES string of the molecule is O=C(NCC(c1ccsc1)N1CCCCCC1)C(=O)Nc1ccon1. The molecule has 2 N–H and O–H groups in total. The van der Waals surface area contributed by atoms with Crippen LogP contribution in [-0.2, 0) is 9.59 Å². The summed E-state index contributed by atoms with van der Waals surface area (Å²) in [5.74, 6) is -1.19. The van der Waals surface area contributed by atoms with E-state index < -0.39 is 11.8 Å². The zero-order chi connectivity index (χ0) is 17.5. The van der Waals surface area contributed by atoms with E-state index in [1.54, 1.807) is 11.3 Å². The second-order valence-corrected chi connectivity index (χ2v) is 6.85. The number of carbonyl (C=O) groups excluding carboxylic acids is 2. The van der Waals surface area contributed by atoms with Gasteiger partial charge >= 0.3 is 11.8 Å². The second kappa shape index (κ2) is 8.77. The molecule has 0 aliphatic carbocycles. The molecule has 7 nitrogen and oxygen atoms in total. The highest BCUT2D eigenvalue weighted by molar-refractivity contribution is 7.07. The standard InChI is InChI=1S/C17H22N4O3S/c22-16(17(23)19-15-5-9-24-20-15)18-11-14(13-6-10-25-12-13)21-7-3-1-2-4-8-21/h5-6,9-10,12,14H,1-4,7-8,11H2,(H,18,22)(H,19,20,23). The number of amides is 2. The topological polar surface area (TPSA) is 87.5 Å². The molecule has 0 radical (unpaired) electrons. The molecule has 0 spiro atoms. The molecule has 134 valence electrons. The van der Waals surface area contributed by atoms with E-state index in [9.17, 15) is 9.59 Å². The summed E-state index contributed by atoms with van der Waals surface area (Å²) >= 11 is 1.64. The summed E-state index contributed by atoms with van der Waals surface area (Å²) in [7, 11) is 0. The Morgan fingerprint density at radius 2 is 2.00 bits per heavy atom. The number of aromatic nitrogens is 1. The Kier molecular flexibility index (Phi) is 6.19. The molecule has 8 heteroatoms. The Morgan fingerprint density at radius 1 is 1.20 bits per heavy atom. The summed E-state index contributed by atoms with van der Waals surface area (Å²) in [5.41, 5.74) is 1.18. The molecule has 0 aromatic carbocycles. The molecule has 3 rings (SSSR count). The fourth-order valence-electron chi connectivity index (χ4n) is 3.05. The van der Waals surface area contributed by atoms with Gasteiger partial charge in [-0.25, -0.2) is 0 Å². The van der Waals surface area contributed by atoms with Crippen molar-refractivity contribution in [3.05, 3.63) is 34.7 Å². The molecule has 3 heterocycles. The molecule has 2 aromatic rings. The molecule has 25 heavy (non-hydrogen) atoms. The first-order chi connectivity index (χ1) is 12.2. The molecule has 2 amide bonds. The molecule has 1 atom stereocenters. The normalized spacial score (nSPS) is 16.8. The van der Waals surface area contributed by atoms with Gasteiger partial charge in [-0.15, -0.1) is 0 Å². The van der Waals surface area contributed by atoms with Crippen molar-refractivity contribution in [3.63, 3.8) is 0 Å². The van der Waals surface area contributed by atoms with E-state index in [-0.39, 0.29) is 11.9 Å². The highest BCUT2D eigenvalue weighted by Crippen LogP contribution is 2.25. The zero-order valence-electron chi connectivity index (χ0n) is 13.9. The predicted octanol–water partition coefficient (Wildman–Crippen LogP) is 2.41. The van der Waals surface area contributed by atoms with E-state index in [0.29, 0.717) is 6.54 Å². The summed E-state index contributed by atoms with van der Waals surface area (Å²) in [6.07, 6.45) is 6.17. The monoisotopic (exact) mass is 362 g/mol. The van der Waals surface area contributed by atoms with Crippen LogP contribution in [0.3, 0.4) is 0 Å². The summed E-state index contributed by atoms with van der Waals surface area (Å²) in [6.45, 7) is 2.44.